The monoisotopic (exact) mass is 271 g/mol. The number of hydrogen-bond acceptors (Lipinski definition) is 4. The number of aliphatic hydroxyl groups is 1. The molecule has 2 rings (SSSR count). The number of sulfonamides is 1. The Kier molecular flexibility index (Phi) is 3.89. The summed E-state index contributed by atoms with van der Waals surface area (Å²) in [5.74, 6) is -0.0393. The zero-order valence-electron chi connectivity index (χ0n) is 9.99. The zero-order chi connectivity index (χ0) is 13.2. The molecule has 5 nitrogen and oxygen atoms in total. The van der Waals surface area contributed by atoms with Gasteiger partial charge in [-0.25, -0.2) is 8.42 Å². The van der Waals surface area contributed by atoms with Crippen molar-refractivity contribution in [2.45, 2.75) is 17.7 Å². The molecular formula is C12H17NO4S. The second-order valence-corrected chi connectivity index (χ2v) is 6.40. The van der Waals surface area contributed by atoms with Crippen LogP contribution in [-0.2, 0) is 10.0 Å². The number of piperidine rings is 1. The van der Waals surface area contributed by atoms with Crippen molar-refractivity contribution in [1.82, 2.24) is 4.31 Å². The molecule has 0 spiro atoms. The summed E-state index contributed by atoms with van der Waals surface area (Å²) < 4.78 is 26.0. The molecule has 1 aromatic rings. The van der Waals surface area contributed by atoms with Crippen molar-refractivity contribution in [3.8, 4) is 5.75 Å². The highest BCUT2D eigenvalue weighted by atomic mass is 32.2. The molecule has 0 saturated carbocycles. The topological polar surface area (TPSA) is 77.8 Å². The van der Waals surface area contributed by atoms with E-state index in [1.807, 2.05) is 0 Å². The quantitative estimate of drug-likeness (QED) is 0.852. The van der Waals surface area contributed by atoms with Gasteiger partial charge in [0.15, 0.2) is 0 Å². The van der Waals surface area contributed by atoms with Gasteiger partial charge in [0, 0.05) is 19.7 Å². The van der Waals surface area contributed by atoms with Gasteiger partial charge in [0.2, 0.25) is 10.0 Å². The molecule has 1 heterocycles. The highest BCUT2D eigenvalue weighted by Crippen LogP contribution is 2.28. The number of phenols is 1. The number of nitrogens with zero attached hydrogens (tertiary/aromatic N) is 1. The Bertz CT molecular complexity index is 507. The van der Waals surface area contributed by atoms with Crippen LogP contribution < -0.4 is 0 Å². The minimum atomic E-state index is -3.62. The van der Waals surface area contributed by atoms with Gasteiger partial charge in [-0.2, -0.15) is 4.31 Å². The van der Waals surface area contributed by atoms with Crippen molar-refractivity contribution in [3.63, 3.8) is 0 Å². The van der Waals surface area contributed by atoms with E-state index in [-0.39, 0.29) is 23.2 Å². The summed E-state index contributed by atoms with van der Waals surface area (Å²) in [6.45, 7) is 0.883. The summed E-state index contributed by atoms with van der Waals surface area (Å²) in [5, 5.41) is 18.7. The fourth-order valence-corrected chi connectivity index (χ4v) is 3.70. The number of rotatable bonds is 3. The van der Waals surface area contributed by atoms with Crippen LogP contribution in [0.3, 0.4) is 0 Å². The molecule has 0 aromatic heterocycles. The Morgan fingerprint density at radius 2 is 1.83 bits per heavy atom. The van der Waals surface area contributed by atoms with E-state index < -0.39 is 10.0 Å². The van der Waals surface area contributed by atoms with Crippen LogP contribution in [0.2, 0.25) is 0 Å². The third-order valence-corrected chi connectivity index (χ3v) is 5.26. The molecule has 0 bridgehead atoms. The molecule has 6 heteroatoms. The second-order valence-electron chi connectivity index (χ2n) is 4.50. The van der Waals surface area contributed by atoms with Crippen LogP contribution in [0, 0.1) is 5.92 Å². The maximum atomic E-state index is 12.3. The summed E-state index contributed by atoms with van der Waals surface area (Å²) in [6.07, 6.45) is 1.31. The van der Waals surface area contributed by atoms with Gasteiger partial charge < -0.3 is 10.2 Å². The van der Waals surface area contributed by atoms with Gasteiger partial charge in [-0.3, -0.25) is 0 Å². The van der Waals surface area contributed by atoms with Crippen LogP contribution in [0.1, 0.15) is 12.8 Å². The fraction of sp³-hybridized carbons (Fsp3) is 0.500. The van der Waals surface area contributed by atoms with Crippen molar-refractivity contribution in [1.29, 1.82) is 0 Å². The molecule has 1 fully saturated rings. The molecule has 0 aliphatic carbocycles. The van der Waals surface area contributed by atoms with Crippen LogP contribution in [0.4, 0.5) is 0 Å². The first-order valence-electron chi connectivity index (χ1n) is 5.94. The second kappa shape index (κ2) is 5.26. The smallest absolute Gasteiger partial charge is 0.246 e. The number of aliphatic hydroxyl groups excluding tert-OH is 1. The van der Waals surface area contributed by atoms with E-state index in [0.717, 1.165) is 0 Å². The normalized spacial score (nSPS) is 18.9. The minimum Gasteiger partial charge on any atom is -0.507 e. The van der Waals surface area contributed by atoms with Crippen molar-refractivity contribution in [2.24, 2.45) is 5.92 Å². The molecule has 1 aromatic carbocycles. The third-order valence-electron chi connectivity index (χ3n) is 3.31. The molecule has 0 atom stereocenters. The van der Waals surface area contributed by atoms with Crippen molar-refractivity contribution in [3.05, 3.63) is 24.3 Å². The van der Waals surface area contributed by atoms with Gasteiger partial charge in [0.05, 0.1) is 0 Å². The van der Waals surface area contributed by atoms with Crippen LogP contribution in [0.15, 0.2) is 29.2 Å². The molecule has 1 aliphatic rings. The first-order chi connectivity index (χ1) is 8.55. The Labute approximate surface area is 107 Å². The first-order valence-corrected chi connectivity index (χ1v) is 7.38. The van der Waals surface area contributed by atoms with E-state index in [4.69, 9.17) is 5.11 Å². The first kappa shape index (κ1) is 13.3. The molecule has 100 valence electrons. The molecule has 0 amide bonds. The summed E-state index contributed by atoms with van der Waals surface area (Å²) in [5.41, 5.74) is 0. The predicted molar refractivity (Wildman–Crippen MR) is 66.7 cm³/mol. The minimum absolute atomic E-state index is 0.0487. The number of benzene rings is 1. The molecule has 1 aliphatic heterocycles. The maximum absolute atomic E-state index is 12.3. The SMILES string of the molecule is O=S(=O)(c1ccccc1O)N1CCC(CO)CC1. The summed E-state index contributed by atoms with van der Waals surface area (Å²) in [4.78, 5) is -0.0487. The molecule has 2 N–H and O–H groups in total. The molecule has 0 radical (unpaired) electrons. The maximum Gasteiger partial charge on any atom is 0.246 e. The lowest BCUT2D eigenvalue weighted by Gasteiger charge is -2.30. The number of hydrogen-bond donors (Lipinski definition) is 2. The van der Waals surface area contributed by atoms with E-state index in [2.05, 4.69) is 0 Å². The zero-order valence-corrected chi connectivity index (χ0v) is 10.8. The summed E-state index contributed by atoms with van der Waals surface area (Å²) in [6, 6.07) is 5.95. The molecular weight excluding hydrogens is 254 g/mol. The largest absolute Gasteiger partial charge is 0.507 e. The Balaban J connectivity index is 2.20. The van der Waals surface area contributed by atoms with Crippen LogP contribution in [0.25, 0.3) is 0 Å². The number of para-hydroxylation sites is 1. The highest BCUT2D eigenvalue weighted by molar-refractivity contribution is 7.89. The van der Waals surface area contributed by atoms with Crippen LogP contribution >= 0.6 is 0 Å². The van der Waals surface area contributed by atoms with Gasteiger partial charge in [0.1, 0.15) is 10.6 Å². The summed E-state index contributed by atoms with van der Waals surface area (Å²) in [7, 11) is -3.62. The molecule has 18 heavy (non-hydrogen) atoms. The summed E-state index contributed by atoms with van der Waals surface area (Å²) >= 11 is 0. The standard InChI is InChI=1S/C12H17NO4S/c14-9-10-5-7-13(8-6-10)18(16,17)12-4-2-1-3-11(12)15/h1-4,10,14-15H,5-9H2. The Morgan fingerprint density at radius 1 is 1.22 bits per heavy atom. The lowest BCUT2D eigenvalue weighted by molar-refractivity contribution is 0.170. The highest BCUT2D eigenvalue weighted by Gasteiger charge is 2.30. The van der Waals surface area contributed by atoms with Gasteiger partial charge >= 0.3 is 0 Å². The molecule has 0 unspecified atom stereocenters. The fourth-order valence-electron chi connectivity index (χ4n) is 2.15. The van der Waals surface area contributed by atoms with Gasteiger partial charge in [-0.1, -0.05) is 12.1 Å². The van der Waals surface area contributed by atoms with E-state index in [1.165, 1.54) is 16.4 Å². The van der Waals surface area contributed by atoms with Crippen molar-refractivity contribution in [2.75, 3.05) is 19.7 Å². The average molecular weight is 271 g/mol. The van der Waals surface area contributed by atoms with E-state index in [9.17, 15) is 13.5 Å². The average Bonchev–Trinajstić information content (AvgIpc) is 2.39. The predicted octanol–water partition coefficient (Wildman–Crippen LogP) is 0.785. The lowest BCUT2D eigenvalue weighted by Crippen LogP contribution is -2.39. The Morgan fingerprint density at radius 3 is 2.39 bits per heavy atom. The van der Waals surface area contributed by atoms with E-state index in [0.29, 0.717) is 25.9 Å². The third kappa shape index (κ3) is 2.50. The van der Waals surface area contributed by atoms with E-state index in [1.54, 1.807) is 12.1 Å². The molecule has 1 saturated heterocycles. The van der Waals surface area contributed by atoms with Crippen molar-refractivity contribution < 1.29 is 18.6 Å². The van der Waals surface area contributed by atoms with Gasteiger partial charge in [-0.15, -0.1) is 0 Å². The Hall–Kier alpha value is -1.11. The van der Waals surface area contributed by atoms with Crippen molar-refractivity contribution >= 4 is 10.0 Å². The lowest BCUT2D eigenvalue weighted by atomic mass is 10.00. The van der Waals surface area contributed by atoms with E-state index >= 15 is 0 Å². The van der Waals surface area contributed by atoms with Gasteiger partial charge in [-0.05, 0) is 30.9 Å². The van der Waals surface area contributed by atoms with Crippen LogP contribution in [0.5, 0.6) is 5.75 Å². The number of aromatic hydroxyl groups is 1. The van der Waals surface area contributed by atoms with Gasteiger partial charge in [0.25, 0.3) is 0 Å². The number of phenolic OH excluding ortho intramolecular Hbond substituents is 1. The van der Waals surface area contributed by atoms with Crippen LogP contribution in [-0.4, -0.2) is 42.6 Å².